The summed E-state index contributed by atoms with van der Waals surface area (Å²) in [6.07, 6.45) is 1.85. The highest BCUT2D eigenvalue weighted by atomic mass is 79.9. The number of halogens is 1. The lowest BCUT2D eigenvalue weighted by Crippen LogP contribution is -2.46. The van der Waals surface area contributed by atoms with Gasteiger partial charge in [-0.3, -0.25) is 0 Å². The van der Waals surface area contributed by atoms with Gasteiger partial charge in [0.25, 0.3) is 0 Å². The molecule has 0 amide bonds. The standard InChI is InChI=1S/C14H13BrN4S/c15-12-9-11(10-16)1-2-13(12)18-4-6-19(7-5-18)14-17-3-8-20-14/h1-3,8-9H,4-7H2. The van der Waals surface area contributed by atoms with Crippen molar-refractivity contribution in [2.45, 2.75) is 0 Å². The quantitative estimate of drug-likeness (QED) is 0.836. The Morgan fingerprint density at radius 2 is 1.95 bits per heavy atom. The third kappa shape index (κ3) is 2.65. The van der Waals surface area contributed by atoms with E-state index in [9.17, 15) is 0 Å². The Hall–Kier alpha value is -1.58. The highest BCUT2D eigenvalue weighted by Gasteiger charge is 2.20. The van der Waals surface area contributed by atoms with Crippen LogP contribution in [0.25, 0.3) is 0 Å². The topological polar surface area (TPSA) is 43.2 Å². The van der Waals surface area contributed by atoms with Gasteiger partial charge in [0.1, 0.15) is 0 Å². The first-order chi connectivity index (χ1) is 9.78. The van der Waals surface area contributed by atoms with Crippen LogP contribution in [0, 0.1) is 11.3 Å². The molecule has 0 radical (unpaired) electrons. The van der Waals surface area contributed by atoms with Crippen molar-refractivity contribution < 1.29 is 0 Å². The van der Waals surface area contributed by atoms with Crippen LogP contribution in [-0.4, -0.2) is 31.2 Å². The highest BCUT2D eigenvalue weighted by Crippen LogP contribution is 2.29. The highest BCUT2D eigenvalue weighted by molar-refractivity contribution is 9.10. The van der Waals surface area contributed by atoms with Gasteiger partial charge in [-0.1, -0.05) is 0 Å². The summed E-state index contributed by atoms with van der Waals surface area (Å²) in [6, 6.07) is 7.92. The zero-order chi connectivity index (χ0) is 13.9. The van der Waals surface area contributed by atoms with Crippen molar-refractivity contribution in [2.75, 3.05) is 36.0 Å². The monoisotopic (exact) mass is 348 g/mol. The molecular formula is C14H13BrN4S. The predicted octanol–water partition coefficient (Wildman–Crippen LogP) is 3.10. The second kappa shape index (κ2) is 5.81. The maximum atomic E-state index is 8.91. The first kappa shape index (κ1) is 13.4. The van der Waals surface area contributed by atoms with Crippen molar-refractivity contribution in [3.8, 4) is 6.07 Å². The van der Waals surface area contributed by atoms with Crippen molar-refractivity contribution in [1.29, 1.82) is 5.26 Å². The molecular weight excluding hydrogens is 336 g/mol. The molecule has 1 aliphatic heterocycles. The van der Waals surface area contributed by atoms with Gasteiger partial charge in [0, 0.05) is 42.2 Å². The van der Waals surface area contributed by atoms with Gasteiger partial charge < -0.3 is 9.80 Å². The van der Waals surface area contributed by atoms with Gasteiger partial charge in [-0.2, -0.15) is 5.26 Å². The third-order valence-electron chi connectivity index (χ3n) is 3.39. The smallest absolute Gasteiger partial charge is 0.185 e. The summed E-state index contributed by atoms with van der Waals surface area (Å²) in [5.41, 5.74) is 1.84. The van der Waals surface area contributed by atoms with Gasteiger partial charge in [-0.25, -0.2) is 4.98 Å². The number of aromatic nitrogens is 1. The van der Waals surface area contributed by atoms with Gasteiger partial charge in [-0.05, 0) is 34.1 Å². The van der Waals surface area contributed by atoms with E-state index in [4.69, 9.17) is 5.26 Å². The fraction of sp³-hybridized carbons (Fsp3) is 0.286. The normalized spacial score (nSPS) is 15.2. The molecule has 0 atom stereocenters. The maximum Gasteiger partial charge on any atom is 0.185 e. The Balaban J connectivity index is 1.71. The molecule has 1 saturated heterocycles. The number of hydrogen-bond donors (Lipinski definition) is 0. The molecule has 0 aliphatic carbocycles. The van der Waals surface area contributed by atoms with Crippen LogP contribution in [0.1, 0.15) is 5.56 Å². The minimum atomic E-state index is 0.682. The minimum Gasteiger partial charge on any atom is -0.367 e. The molecule has 0 unspecified atom stereocenters. The summed E-state index contributed by atoms with van der Waals surface area (Å²) >= 11 is 5.25. The predicted molar refractivity (Wildman–Crippen MR) is 85.4 cm³/mol. The Labute approximate surface area is 130 Å². The van der Waals surface area contributed by atoms with E-state index < -0.39 is 0 Å². The van der Waals surface area contributed by atoms with E-state index in [1.165, 1.54) is 0 Å². The summed E-state index contributed by atoms with van der Waals surface area (Å²) in [6.45, 7) is 3.87. The molecule has 6 heteroatoms. The summed E-state index contributed by atoms with van der Waals surface area (Å²) in [5.74, 6) is 0. The Morgan fingerprint density at radius 1 is 1.20 bits per heavy atom. The molecule has 0 bridgehead atoms. The van der Waals surface area contributed by atoms with Crippen LogP contribution in [0.3, 0.4) is 0 Å². The lowest BCUT2D eigenvalue weighted by molar-refractivity contribution is 0.651. The second-order valence-electron chi connectivity index (χ2n) is 4.57. The average Bonchev–Trinajstić information content (AvgIpc) is 3.01. The molecule has 2 aromatic rings. The molecule has 1 aromatic carbocycles. The lowest BCUT2D eigenvalue weighted by atomic mass is 10.2. The summed E-state index contributed by atoms with van der Waals surface area (Å²) in [4.78, 5) is 9.02. The molecule has 0 spiro atoms. The number of nitrogens with zero attached hydrogens (tertiary/aromatic N) is 4. The second-order valence-corrected chi connectivity index (χ2v) is 6.29. The number of hydrogen-bond acceptors (Lipinski definition) is 5. The van der Waals surface area contributed by atoms with Crippen LogP contribution in [0.5, 0.6) is 0 Å². The molecule has 3 rings (SSSR count). The van der Waals surface area contributed by atoms with Gasteiger partial charge in [0.05, 0.1) is 17.3 Å². The van der Waals surface area contributed by atoms with E-state index >= 15 is 0 Å². The third-order valence-corrected chi connectivity index (χ3v) is 4.85. The summed E-state index contributed by atoms with van der Waals surface area (Å²) < 4.78 is 0.985. The number of anilines is 2. The molecule has 1 fully saturated rings. The van der Waals surface area contributed by atoms with Crippen molar-refractivity contribution in [3.63, 3.8) is 0 Å². The number of nitriles is 1. The molecule has 0 saturated carbocycles. The fourth-order valence-corrected chi connectivity index (χ4v) is 3.67. The van der Waals surface area contributed by atoms with E-state index in [0.29, 0.717) is 5.56 Å². The van der Waals surface area contributed by atoms with Crippen LogP contribution in [-0.2, 0) is 0 Å². The summed E-state index contributed by atoms with van der Waals surface area (Å²) in [5, 5.41) is 12.0. The van der Waals surface area contributed by atoms with Crippen LogP contribution in [0.2, 0.25) is 0 Å². The summed E-state index contributed by atoms with van der Waals surface area (Å²) in [7, 11) is 0. The number of piperazine rings is 1. The molecule has 4 nitrogen and oxygen atoms in total. The van der Waals surface area contributed by atoms with E-state index in [2.05, 4.69) is 36.8 Å². The Morgan fingerprint density at radius 3 is 2.55 bits per heavy atom. The van der Waals surface area contributed by atoms with E-state index in [1.807, 2.05) is 29.8 Å². The molecule has 0 N–H and O–H groups in total. The van der Waals surface area contributed by atoms with Crippen LogP contribution in [0.4, 0.5) is 10.8 Å². The van der Waals surface area contributed by atoms with Gasteiger partial charge >= 0.3 is 0 Å². The van der Waals surface area contributed by atoms with Crippen molar-refractivity contribution in [3.05, 3.63) is 39.8 Å². The molecule has 20 heavy (non-hydrogen) atoms. The van der Waals surface area contributed by atoms with Crippen molar-refractivity contribution >= 4 is 38.1 Å². The molecule has 1 aliphatic rings. The van der Waals surface area contributed by atoms with E-state index in [1.54, 1.807) is 11.3 Å². The molecule has 102 valence electrons. The van der Waals surface area contributed by atoms with Gasteiger partial charge in [0.2, 0.25) is 0 Å². The van der Waals surface area contributed by atoms with Crippen molar-refractivity contribution in [2.24, 2.45) is 0 Å². The molecule has 2 heterocycles. The number of rotatable bonds is 2. The number of benzene rings is 1. The maximum absolute atomic E-state index is 8.91. The fourth-order valence-electron chi connectivity index (χ4n) is 2.34. The van der Waals surface area contributed by atoms with Crippen LogP contribution < -0.4 is 9.80 Å². The SMILES string of the molecule is N#Cc1ccc(N2CCN(c3nccs3)CC2)c(Br)c1. The first-order valence-electron chi connectivity index (χ1n) is 6.37. The van der Waals surface area contributed by atoms with E-state index in [-0.39, 0.29) is 0 Å². The average molecular weight is 349 g/mol. The molecule has 1 aromatic heterocycles. The van der Waals surface area contributed by atoms with E-state index in [0.717, 1.165) is 41.5 Å². The number of thiazole rings is 1. The van der Waals surface area contributed by atoms with Crippen LogP contribution in [0.15, 0.2) is 34.2 Å². The largest absolute Gasteiger partial charge is 0.367 e. The first-order valence-corrected chi connectivity index (χ1v) is 8.04. The zero-order valence-corrected chi connectivity index (χ0v) is 13.2. The Kier molecular flexibility index (Phi) is 3.90. The Bertz CT molecular complexity index is 627. The van der Waals surface area contributed by atoms with Crippen molar-refractivity contribution in [1.82, 2.24) is 4.98 Å². The van der Waals surface area contributed by atoms with Crippen LogP contribution >= 0.6 is 27.3 Å². The minimum absolute atomic E-state index is 0.682. The van der Waals surface area contributed by atoms with Gasteiger partial charge in [-0.15, -0.1) is 11.3 Å². The lowest BCUT2D eigenvalue weighted by Gasteiger charge is -2.36. The zero-order valence-electron chi connectivity index (χ0n) is 10.8. The van der Waals surface area contributed by atoms with Gasteiger partial charge in [0.15, 0.2) is 5.13 Å².